The van der Waals surface area contributed by atoms with Crippen LogP contribution in [-0.4, -0.2) is 13.7 Å². The van der Waals surface area contributed by atoms with Gasteiger partial charge in [-0.3, -0.25) is 0 Å². The minimum absolute atomic E-state index is 0.359. The maximum absolute atomic E-state index is 5.94. The Balaban J connectivity index is 1.88. The van der Waals surface area contributed by atoms with Crippen LogP contribution in [0.5, 0.6) is 0 Å². The third kappa shape index (κ3) is 5.48. The number of furan rings is 1. The van der Waals surface area contributed by atoms with Crippen molar-refractivity contribution in [3.05, 3.63) is 23.7 Å². The molecule has 0 bridgehead atoms. The van der Waals surface area contributed by atoms with Gasteiger partial charge in [0, 0.05) is 7.11 Å². The second-order valence-electron chi connectivity index (χ2n) is 6.33. The van der Waals surface area contributed by atoms with E-state index in [-0.39, 0.29) is 0 Å². The molecule has 3 heteroatoms. The van der Waals surface area contributed by atoms with Crippen LogP contribution in [0.15, 0.2) is 16.5 Å². The molecule has 1 aliphatic rings. The minimum atomic E-state index is 0.359. The third-order valence-corrected chi connectivity index (χ3v) is 4.54. The Morgan fingerprint density at radius 2 is 2.10 bits per heavy atom. The molecule has 3 nitrogen and oxygen atoms in total. The van der Waals surface area contributed by atoms with Gasteiger partial charge in [-0.15, -0.1) is 0 Å². The highest BCUT2D eigenvalue weighted by molar-refractivity contribution is 5.10. The van der Waals surface area contributed by atoms with Gasteiger partial charge in [0.05, 0.1) is 6.04 Å². The third-order valence-electron chi connectivity index (χ3n) is 4.54. The largest absolute Gasteiger partial charge is 0.462 e. The monoisotopic (exact) mass is 293 g/mol. The van der Waals surface area contributed by atoms with Gasteiger partial charge in [0.2, 0.25) is 0 Å². The SMILES string of the molecule is CCCNC(CCC1CCCCC1)c1ccc(COC)o1. The zero-order chi connectivity index (χ0) is 14.9. The minimum Gasteiger partial charge on any atom is -0.462 e. The smallest absolute Gasteiger partial charge is 0.129 e. The van der Waals surface area contributed by atoms with Gasteiger partial charge < -0.3 is 14.5 Å². The van der Waals surface area contributed by atoms with Crippen molar-refractivity contribution in [1.82, 2.24) is 5.32 Å². The van der Waals surface area contributed by atoms with Gasteiger partial charge in [-0.1, -0.05) is 39.0 Å². The molecular formula is C18H31NO2. The van der Waals surface area contributed by atoms with E-state index in [1.165, 1.54) is 44.9 Å². The van der Waals surface area contributed by atoms with E-state index in [2.05, 4.69) is 18.3 Å². The van der Waals surface area contributed by atoms with Gasteiger partial charge in [-0.2, -0.15) is 0 Å². The van der Waals surface area contributed by atoms with Gasteiger partial charge in [-0.05, 0) is 43.9 Å². The lowest BCUT2D eigenvalue weighted by Gasteiger charge is -2.24. The molecule has 0 aromatic carbocycles. The van der Waals surface area contributed by atoms with Crippen LogP contribution < -0.4 is 5.32 Å². The number of nitrogens with one attached hydrogen (secondary N) is 1. The molecule has 0 saturated heterocycles. The second kappa shape index (κ2) is 9.26. The van der Waals surface area contributed by atoms with Gasteiger partial charge in [0.25, 0.3) is 0 Å². The maximum Gasteiger partial charge on any atom is 0.129 e. The van der Waals surface area contributed by atoms with E-state index in [0.717, 1.165) is 30.4 Å². The zero-order valence-electron chi connectivity index (χ0n) is 13.7. The molecule has 21 heavy (non-hydrogen) atoms. The standard InChI is InChI=1S/C18H31NO2/c1-3-13-19-17(11-9-15-7-5-4-6-8-15)18-12-10-16(21-18)14-20-2/h10,12,15,17,19H,3-9,11,13-14H2,1-2H3. The van der Waals surface area contributed by atoms with Crippen LogP contribution in [0, 0.1) is 5.92 Å². The Labute approximate surface area is 129 Å². The van der Waals surface area contributed by atoms with Gasteiger partial charge in [0.1, 0.15) is 18.1 Å². The maximum atomic E-state index is 5.94. The average Bonchev–Trinajstić information content (AvgIpc) is 2.97. The number of ether oxygens (including phenoxy) is 1. The van der Waals surface area contributed by atoms with Crippen molar-refractivity contribution >= 4 is 0 Å². The van der Waals surface area contributed by atoms with Crippen LogP contribution in [0.4, 0.5) is 0 Å². The lowest BCUT2D eigenvalue weighted by molar-refractivity contribution is 0.161. The molecule has 1 heterocycles. The number of methoxy groups -OCH3 is 1. The molecule has 1 unspecified atom stereocenters. The highest BCUT2D eigenvalue weighted by atomic mass is 16.5. The summed E-state index contributed by atoms with van der Waals surface area (Å²) in [5, 5.41) is 3.65. The van der Waals surface area contributed by atoms with E-state index < -0.39 is 0 Å². The Hall–Kier alpha value is -0.800. The van der Waals surface area contributed by atoms with Gasteiger partial charge in [0.15, 0.2) is 0 Å². The van der Waals surface area contributed by atoms with Crippen LogP contribution in [0.3, 0.4) is 0 Å². The average molecular weight is 293 g/mol. The normalized spacial score (nSPS) is 18.0. The lowest BCUT2D eigenvalue weighted by atomic mass is 9.85. The summed E-state index contributed by atoms with van der Waals surface area (Å²) in [6.45, 7) is 3.82. The van der Waals surface area contributed by atoms with E-state index in [0.29, 0.717) is 12.6 Å². The van der Waals surface area contributed by atoms with Crippen LogP contribution in [0.2, 0.25) is 0 Å². The summed E-state index contributed by atoms with van der Waals surface area (Å²) in [6.07, 6.45) is 10.8. The van der Waals surface area contributed by atoms with Crippen molar-refractivity contribution in [2.45, 2.75) is 70.9 Å². The Bertz CT molecular complexity index is 382. The van der Waals surface area contributed by atoms with Crippen molar-refractivity contribution in [2.75, 3.05) is 13.7 Å². The Morgan fingerprint density at radius 1 is 1.29 bits per heavy atom. The molecule has 0 radical (unpaired) electrons. The first-order chi connectivity index (χ1) is 10.3. The molecule has 0 amide bonds. The molecule has 1 atom stereocenters. The molecule has 1 fully saturated rings. The molecule has 0 aliphatic heterocycles. The Kier molecular flexibility index (Phi) is 7.31. The van der Waals surface area contributed by atoms with E-state index >= 15 is 0 Å². The fourth-order valence-corrected chi connectivity index (χ4v) is 3.34. The van der Waals surface area contributed by atoms with E-state index in [4.69, 9.17) is 9.15 Å². The lowest BCUT2D eigenvalue weighted by Crippen LogP contribution is -2.22. The van der Waals surface area contributed by atoms with Crippen molar-refractivity contribution in [1.29, 1.82) is 0 Å². The predicted molar refractivity (Wildman–Crippen MR) is 86.3 cm³/mol. The van der Waals surface area contributed by atoms with Gasteiger partial charge in [-0.25, -0.2) is 0 Å². The predicted octanol–water partition coefficient (Wildman–Crippen LogP) is 4.83. The number of hydrogen-bond donors (Lipinski definition) is 1. The van der Waals surface area contributed by atoms with E-state index in [1.807, 2.05) is 6.07 Å². The van der Waals surface area contributed by atoms with Crippen molar-refractivity contribution in [3.8, 4) is 0 Å². The number of rotatable bonds is 9. The molecular weight excluding hydrogens is 262 g/mol. The molecule has 1 N–H and O–H groups in total. The van der Waals surface area contributed by atoms with Crippen molar-refractivity contribution < 1.29 is 9.15 Å². The first-order valence-electron chi connectivity index (χ1n) is 8.64. The van der Waals surface area contributed by atoms with Gasteiger partial charge >= 0.3 is 0 Å². The summed E-state index contributed by atoms with van der Waals surface area (Å²) in [5.74, 6) is 2.93. The summed E-state index contributed by atoms with van der Waals surface area (Å²) in [4.78, 5) is 0. The summed E-state index contributed by atoms with van der Waals surface area (Å²) in [5.41, 5.74) is 0. The summed E-state index contributed by atoms with van der Waals surface area (Å²) in [6, 6.07) is 4.51. The molecule has 120 valence electrons. The molecule has 1 aromatic heterocycles. The number of hydrogen-bond acceptors (Lipinski definition) is 3. The first kappa shape index (κ1) is 16.6. The topological polar surface area (TPSA) is 34.4 Å². The van der Waals surface area contributed by atoms with Crippen molar-refractivity contribution in [2.24, 2.45) is 5.92 Å². The molecule has 1 aromatic rings. The quantitative estimate of drug-likeness (QED) is 0.708. The Morgan fingerprint density at radius 3 is 2.81 bits per heavy atom. The van der Waals surface area contributed by atoms with Crippen LogP contribution in [0.25, 0.3) is 0 Å². The summed E-state index contributed by atoms with van der Waals surface area (Å²) in [7, 11) is 1.71. The molecule has 0 spiro atoms. The van der Waals surface area contributed by atoms with E-state index in [9.17, 15) is 0 Å². The zero-order valence-corrected chi connectivity index (χ0v) is 13.7. The molecule has 1 saturated carbocycles. The molecule has 1 aliphatic carbocycles. The second-order valence-corrected chi connectivity index (χ2v) is 6.33. The summed E-state index contributed by atoms with van der Waals surface area (Å²) >= 11 is 0. The first-order valence-corrected chi connectivity index (χ1v) is 8.64. The molecule has 2 rings (SSSR count). The van der Waals surface area contributed by atoms with Crippen LogP contribution >= 0.6 is 0 Å². The van der Waals surface area contributed by atoms with E-state index in [1.54, 1.807) is 7.11 Å². The highest BCUT2D eigenvalue weighted by Gasteiger charge is 2.19. The fourth-order valence-electron chi connectivity index (χ4n) is 3.34. The van der Waals surface area contributed by atoms with Crippen LogP contribution in [-0.2, 0) is 11.3 Å². The van der Waals surface area contributed by atoms with Crippen molar-refractivity contribution in [3.63, 3.8) is 0 Å². The van der Waals surface area contributed by atoms with Crippen LogP contribution in [0.1, 0.15) is 75.9 Å². The summed E-state index contributed by atoms with van der Waals surface area (Å²) < 4.78 is 11.1. The highest BCUT2D eigenvalue weighted by Crippen LogP contribution is 2.31. The fraction of sp³-hybridized carbons (Fsp3) is 0.778.